The van der Waals surface area contributed by atoms with E-state index in [9.17, 15) is 5.11 Å². The summed E-state index contributed by atoms with van der Waals surface area (Å²) in [4.78, 5) is 4.93. The van der Waals surface area contributed by atoms with E-state index in [0.717, 1.165) is 38.5 Å². The van der Waals surface area contributed by atoms with Crippen molar-refractivity contribution < 1.29 is 5.11 Å². The predicted octanol–water partition coefficient (Wildman–Crippen LogP) is 3.98. The summed E-state index contributed by atoms with van der Waals surface area (Å²) >= 11 is 0. The number of aliphatic hydroxyl groups excluding tert-OH is 1. The van der Waals surface area contributed by atoms with Gasteiger partial charge in [0.25, 0.3) is 0 Å². The lowest BCUT2D eigenvalue weighted by Gasteiger charge is -2.39. The highest BCUT2D eigenvalue weighted by Gasteiger charge is 2.30. The van der Waals surface area contributed by atoms with E-state index in [2.05, 4.69) is 61.8 Å². The Morgan fingerprint density at radius 3 is 2.38 bits per heavy atom. The Kier molecular flexibility index (Phi) is 7.57. The maximum Gasteiger partial charge on any atom is 0.0477 e. The molecule has 1 aromatic rings. The van der Waals surface area contributed by atoms with Crippen LogP contribution >= 0.6 is 0 Å². The number of rotatable bonds is 8. The number of benzene rings is 1. The van der Waals surface area contributed by atoms with E-state index in [1.165, 1.54) is 24.2 Å². The molecular weight excluding hydrogens is 296 g/mol. The quantitative estimate of drug-likeness (QED) is 0.780. The van der Waals surface area contributed by atoms with Crippen LogP contribution in [0.1, 0.15) is 52.0 Å². The van der Waals surface area contributed by atoms with Crippen LogP contribution < -0.4 is 4.90 Å². The van der Waals surface area contributed by atoms with Crippen molar-refractivity contribution in [3.05, 3.63) is 29.8 Å². The highest BCUT2D eigenvalue weighted by molar-refractivity contribution is 5.48. The molecular formula is C21H36N2O. The lowest BCUT2D eigenvalue weighted by molar-refractivity contribution is 0.0919. The van der Waals surface area contributed by atoms with Gasteiger partial charge in [-0.1, -0.05) is 32.4 Å². The molecule has 3 unspecified atom stereocenters. The minimum atomic E-state index is 0.291. The van der Waals surface area contributed by atoms with E-state index in [1.54, 1.807) is 0 Å². The molecule has 24 heavy (non-hydrogen) atoms. The average Bonchev–Trinajstić information content (AvgIpc) is 2.63. The Morgan fingerprint density at radius 2 is 1.83 bits per heavy atom. The van der Waals surface area contributed by atoms with E-state index >= 15 is 0 Å². The van der Waals surface area contributed by atoms with Gasteiger partial charge in [0, 0.05) is 44.4 Å². The summed E-state index contributed by atoms with van der Waals surface area (Å²) < 4.78 is 0. The second kappa shape index (κ2) is 9.43. The lowest BCUT2D eigenvalue weighted by Crippen LogP contribution is -2.42. The standard InChI is InChI=1S/C21H36N2O/c1-5-17(4)14-22-13-12-21(19(15-22)16-24)18-8-10-20(11-9-18)23(6-2)7-3/h8-11,17,19,21,24H,5-7,12-16H2,1-4H3. The van der Waals surface area contributed by atoms with Gasteiger partial charge in [-0.15, -0.1) is 0 Å². The zero-order valence-electron chi connectivity index (χ0n) is 16.0. The van der Waals surface area contributed by atoms with Gasteiger partial charge in [-0.3, -0.25) is 0 Å². The zero-order valence-corrected chi connectivity index (χ0v) is 16.0. The summed E-state index contributed by atoms with van der Waals surface area (Å²) in [6.45, 7) is 14.7. The molecule has 0 aliphatic carbocycles. The molecule has 1 aliphatic rings. The van der Waals surface area contributed by atoms with Gasteiger partial charge in [0.2, 0.25) is 0 Å². The fourth-order valence-corrected chi connectivity index (χ4v) is 3.99. The molecule has 0 amide bonds. The van der Waals surface area contributed by atoms with Crippen molar-refractivity contribution in [1.82, 2.24) is 4.90 Å². The van der Waals surface area contributed by atoms with E-state index in [1.807, 2.05) is 0 Å². The topological polar surface area (TPSA) is 26.7 Å². The summed E-state index contributed by atoms with van der Waals surface area (Å²) in [5.41, 5.74) is 2.70. The maximum atomic E-state index is 9.92. The predicted molar refractivity (Wildman–Crippen MR) is 104 cm³/mol. The van der Waals surface area contributed by atoms with E-state index in [4.69, 9.17) is 0 Å². The molecule has 0 spiro atoms. The third-order valence-electron chi connectivity index (χ3n) is 5.77. The third-order valence-corrected chi connectivity index (χ3v) is 5.77. The Balaban J connectivity index is 2.03. The van der Waals surface area contributed by atoms with Crippen LogP contribution in [0.2, 0.25) is 0 Å². The second-order valence-electron chi connectivity index (χ2n) is 7.37. The summed E-state index contributed by atoms with van der Waals surface area (Å²) in [6.07, 6.45) is 2.39. The molecule has 3 atom stereocenters. The SMILES string of the molecule is CCC(C)CN1CCC(c2ccc(N(CC)CC)cc2)C(CO)C1. The number of aliphatic hydroxyl groups is 1. The van der Waals surface area contributed by atoms with Gasteiger partial charge in [0.1, 0.15) is 0 Å². The van der Waals surface area contributed by atoms with Crippen LogP contribution in [0.4, 0.5) is 5.69 Å². The summed E-state index contributed by atoms with van der Waals surface area (Å²) in [6, 6.07) is 9.07. The minimum absolute atomic E-state index is 0.291. The first kappa shape index (κ1) is 19.3. The molecule has 3 nitrogen and oxygen atoms in total. The molecule has 1 aliphatic heterocycles. The van der Waals surface area contributed by atoms with Gasteiger partial charge < -0.3 is 14.9 Å². The maximum absolute atomic E-state index is 9.92. The molecule has 0 aromatic heterocycles. The average molecular weight is 333 g/mol. The number of anilines is 1. The second-order valence-corrected chi connectivity index (χ2v) is 7.37. The molecule has 1 fully saturated rings. The first-order chi connectivity index (χ1) is 11.6. The van der Waals surface area contributed by atoms with E-state index in [0.29, 0.717) is 18.4 Å². The molecule has 2 rings (SSSR count). The highest BCUT2D eigenvalue weighted by atomic mass is 16.3. The van der Waals surface area contributed by atoms with Gasteiger partial charge in [0.05, 0.1) is 0 Å². The molecule has 0 bridgehead atoms. The Hall–Kier alpha value is -1.06. The molecule has 1 aromatic carbocycles. The van der Waals surface area contributed by atoms with E-state index < -0.39 is 0 Å². The normalized spacial score (nSPS) is 23.2. The smallest absolute Gasteiger partial charge is 0.0477 e. The van der Waals surface area contributed by atoms with Crippen molar-refractivity contribution in [2.24, 2.45) is 11.8 Å². The minimum Gasteiger partial charge on any atom is -0.396 e. The third kappa shape index (κ3) is 4.73. The molecule has 1 saturated heterocycles. The van der Waals surface area contributed by atoms with Crippen LogP contribution in [0.15, 0.2) is 24.3 Å². The summed E-state index contributed by atoms with van der Waals surface area (Å²) in [5, 5.41) is 9.92. The van der Waals surface area contributed by atoms with Crippen molar-refractivity contribution in [1.29, 1.82) is 0 Å². The van der Waals surface area contributed by atoms with Crippen LogP contribution in [0.3, 0.4) is 0 Å². The van der Waals surface area contributed by atoms with Crippen LogP contribution in [-0.4, -0.2) is 49.3 Å². The monoisotopic (exact) mass is 332 g/mol. The van der Waals surface area contributed by atoms with Crippen molar-refractivity contribution in [3.8, 4) is 0 Å². The van der Waals surface area contributed by atoms with Crippen LogP contribution in [-0.2, 0) is 0 Å². The number of nitrogens with zero attached hydrogens (tertiary/aromatic N) is 2. The lowest BCUT2D eigenvalue weighted by atomic mass is 9.80. The largest absolute Gasteiger partial charge is 0.396 e. The van der Waals surface area contributed by atoms with Gasteiger partial charge in [0.15, 0.2) is 0 Å². The van der Waals surface area contributed by atoms with Gasteiger partial charge >= 0.3 is 0 Å². The summed E-state index contributed by atoms with van der Waals surface area (Å²) in [7, 11) is 0. The van der Waals surface area contributed by atoms with Crippen molar-refractivity contribution in [3.63, 3.8) is 0 Å². The van der Waals surface area contributed by atoms with Crippen LogP contribution in [0, 0.1) is 11.8 Å². The van der Waals surface area contributed by atoms with Gasteiger partial charge in [-0.25, -0.2) is 0 Å². The number of hydrogen-bond acceptors (Lipinski definition) is 3. The van der Waals surface area contributed by atoms with E-state index in [-0.39, 0.29) is 0 Å². The molecule has 136 valence electrons. The van der Waals surface area contributed by atoms with Crippen molar-refractivity contribution >= 4 is 5.69 Å². The number of piperidine rings is 1. The molecule has 1 heterocycles. The highest BCUT2D eigenvalue weighted by Crippen LogP contribution is 2.34. The molecule has 1 N–H and O–H groups in total. The number of hydrogen-bond donors (Lipinski definition) is 1. The van der Waals surface area contributed by atoms with Crippen LogP contribution in [0.25, 0.3) is 0 Å². The number of likely N-dealkylation sites (tertiary alicyclic amines) is 1. The Bertz CT molecular complexity index is 469. The van der Waals surface area contributed by atoms with Gasteiger partial charge in [-0.05, 0) is 56.3 Å². The first-order valence-electron chi connectivity index (χ1n) is 9.80. The first-order valence-corrected chi connectivity index (χ1v) is 9.80. The fourth-order valence-electron chi connectivity index (χ4n) is 3.99. The molecule has 0 saturated carbocycles. The van der Waals surface area contributed by atoms with Crippen LogP contribution in [0.5, 0.6) is 0 Å². The summed E-state index contributed by atoms with van der Waals surface area (Å²) in [5.74, 6) is 1.60. The molecule has 0 radical (unpaired) electrons. The zero-order chi connectivity index (χ0) is 17.5. The molecule has 3 heteroatoms. The van der Waals surface area contributed by atoms with Crippen molar-refractivity contribution in [2.45, 2.75) is 46.5 Å². The Morgan fingerprint density at radius 1 is 1.17 bits per heavy atom. The van der Waals surface area contributed by atoms with Crippen molar-refractivity contribution in [2.75, 3.05) is 44.2 Å². The Labute approximate surface area is 148 Å². The van der Waals surface area contributed by atoms with Gasteiger partial charge in [-0.2, -0.15) is 0 Å². The fraction of sp³-hybridized carbons (Fsp3) is 0.714.